The molecule has 0 spiro atoms. The van der Waals surface area contributed by atoms with E-state index in [-0.39, 0.29) is 29.6 Å². The van der Waals surface area contributed by atoms with Crippen molar-refractivity contribution in [3.05, 3.63) is 53.6 Å². The highest BCUT2D eigenvalue weighted by Crippen LogP contribution is 2.29. The van der Waals surface area contributed by atoms with Crippen molar-refractivity contribution in [1.29, 1.82) is 0 Å². The van der Waals surface area contributed by atoms with Gasteiger partial charge in [-0.05, 0) is 47.2 Å². The summed E-state index contributed by atoms with van der Waals surface area (Å²) in [6.07, 6.45) is 0.911. The molecule has 1 atom stereocenters. The Kier molecular flexibility index (Phi) is 6.88. The Hall–Kier alpha value is -3.02. The molecule has 0 saturated carbocycles. The first-order valence-electron chi connectivity index (χ1n) is 10.6. The van der Waals surface area contributed by atoms with E-state index in [9.17, 15) is 9.59 Å². The molecule has 6 nitrogen and oxygen atoms in total. The van der Waals surface area contributed by atoms with E-state index in [1.165, 1.54) is 5.56 Å². The maximum absolute atomic E-state index is 12.6. The van der Waals surface area contributed by atoms with Gasteiger partial charge in [-0.15, -0.1) is 0 Å². The zero-order valence-corrected chi connectivity index (χ0v) is 19.0. The van der Waals surface area contributed by atoms with Gasteiger partial charge in [-0.3, -0.25) is 9.59 Å². The molecule has 0 aromatic heterocycles. The Balaban J connectivity index is 1.54. The maximum Gasteiger partial charge on any atom is 0.227 e. The molecule has 0 bridgehead atoms. The average molecular weight is 425 g/mol. The van der Waals surface area contributed by atoms with Crippen molar-refractivity contribution < 1.29 is 19.1 Å². The number of nitrogens with zero attached hydrogens (tertiary/aromatic N) is 1. The number of rotatable bonds is 7. The topological polar surface area (TPSA) is 67.9 Å². The number of carbonyl (C=O) groups is 2. The third-order valence-electron chi connectivity index (χ3n) is 5.70. The highest BCUT2D eigenvalue weighted by Gasteiger charge is 2.35. The molecule has 0 unspecified atom stereocenters. The van der Waals surface area contributed by atoms with Crippen LogP contribution >= 0.6 is 0 Å². The van der Waals surface area contributed by atoms with Gasteiger partial charge in [-0.25, -0.2) is 0 Å². The fourth-order valence-corrected chi connectivity index (χ4v) is 3.78. The third kappa shape index (κ3) is 5.37. The van der Waals surface area contributed by atoms with Gasteiger partial charge < -0.3 is 19.7 Å². The highest BCUT2D eigenvalue weighted by atomic mass is 16.5. The predicted octanol–water partition coefficient (Wildman–Crippen LogP) is 3.71. The van der Waals surface area contributed by atoms with Crippen LogP contribution in [0.2, 0.25) is 0 Å². The number of benzene rings is 2. The largest absolute Gasteiger partial charge is 0.493 e. The van der Waals surface area contributed by atoms with Crippen LogP contribution in [0.25, 0.3) is 0 Å². The van der Waals surface area contributed by atoms with Crippen molar-refractivity contribution in [2.75, 3.05) is 32.2 Å². The first kappa shape index (κ1) is 22.7. The molecule has 0 aliphatic carbocycles. The lowest BCUT2D eigenvalue weighted by molar-refractivity contribution is -0.126. The second kappa shape index (κ2) is 9.41. The van der Waals surface area contributed by atoms with Gasteiger partial charge in [0.15, 0.2) is 11.5 Å². The van der Waals surface area contributed by atoms with Crippen LogP contribution in [0.4, 0.5) is 5.69 Å². The second-order valence-corrected chi connectivity index (χ2v) is 8.93. The minimum atomic E-state index is -0.333. The van der Waals surface area contributed by atoms with Crippen LogP contribution in [0.15, 0.2) is 42.5 Å². The Labute approximate surface area is 184 Å². The molecule has 2 amide bonds. The summed E-state index contributed by atoms with van der Waals surface area (Å²) < 4.78 is 10.6. The molecule has 2 aromatic carbocycles. The van der Waals surface area contributed by atoms with Crippen LogP contribution < -0.4 is 19.7 Å². The maximum atomic E-state index is 12.6. The summed E-state index contributed by atoms with van der Waals surface area (Å²) in [5.41, 5.74) is 3.16. The number of methoxy groups -OCH3 is 2. The molecular formula is C25H32N2O4. The van der Waals surface area contributed by atoms with Crippen LogP contribution in [0.5, 0.6) is 11.5 Å². The highest BCUT2D eigenvalue weighted by molar-refractivity contribution is 6.00. The van der Waals surface area contributed by atoms with Crippen LogP contribution in [0.1, 0.15) is 38.3 Å². The van der Waals surface area contributed by atoms with E-state index >= 15 is 0 Å². The Bertz CT molecular complexity index is 932. The molecular weight excluding hydrogens is 392 g/mol. The molecule has 1 aliphatic heterocycles. The van der Waals surface area contributed by atoms with Gasteiger partial charge in [0.25, 0.3) is 0 Å². The average Bonchev–Trinajstić information content (AvgIpc) is 3.14. The summed E-state index contributed by atoms with van der Waals surface area (Å²) in [4.78, 5) is 26.9. The number of nitrogens with one attached hydrogen (secondary N) is 1. The lowest BCUT2D eigenvalue weighted by atomic mass is 9.87. The number of ether oxygens (including phenoxy) is 2. The van der Waals surface area contributed by atoms with Gasteiger partial charge in [-0.2, -0.15) is 0 Å². The van der Waals surface area contributed by atoms with E-state index in [2.05, 4.69) is 38.2 Å². The van der Waals surface area contributed by atoms with E-state index in [0.717, 1.165) is 11.3 Å². The van der Waals surface area contributed by atoms with Crippen LogP contribution in [-0.2, 0) is 21.4 Å². The van der Waals surface area contributed by atoms with Crippen LogP contribution in [0, 0.1) is 5.92 Å². The molecule has 2 aromatic rings. The normalized spacial score (nSPS) is 16.4. The van der Waals surface area contributed by atoms with Crippen molar-refractivity contribution in [3.63, 3.8) is 0 Å². The van der Waals surface area contributed by atoms with Gasteiger partial charge in [0.2, 0.25) is 11.8 Å². The fraction of sp³-hybridized carbons (Fsp3) is 0.440. The summed E-state index contributed by atoms with van der Waals surface area (Å²) in [6, 6.07) is 13.8. The zero-order valence-electron chi connectivity index (χ0n) is 19.0. The van der Waals surface area contributed by atoms with Crippen molar-refractivity contribution in [2.24, 2.45) is 5.92 Å². The minimum Gasteiger partial charge on any atom is -0.493 e. The van der Waals surface area contributed by atoms with E-state index < -0.39 is 0 Å². The molecule has 1 saturated heterocycles. The molecule has 1 N–H and O–H groups in total. The zero-order chi connectivity index (χ0) is 22.6. The summed E-state index contributed by atoms with van der Waals surface area (Å²) in [5.74, 6) is 0.919. The van der Waals surface area contributed by atoms with Crippen molar-refractivity contribution >= 4 is 17.5 Å². The second-order valence-electron chi connectivity index (χ2n) is 8.93. The summed E-state index contributed by atoms with van der Waals surface area (Å²) >= 11 is 0. The Morgan fingerprint density at radius 2 is 1.74 bits per heavy atom. The Morgan fingerprint density at radius 3 is 2.35 bits per heavy atom. The molecule has 3 rings (SSSR count). The third-order valence-corrected chi connectivity index (χ3v) is 5.70. The molecule has 1 heterocycles. The van der Waals surface area contributed by atoms with Gasteiger partial charge in [0, 0.05) is 25.2 Å². The molecule has 0 radical (unpaired) electrons. The first-order chi connectivity index (χ1) is 14.7. The summed E-state index contributed by atoms with van der Waals surface area (Å²) in [5, 5.41) is 2.97. The van der Waals surface area contributed by atoms with Gasteiger partial charge >= 0.3 is 0 Å². The van der Waals surface area contributed by atoms with E-state index in [1.807, 2.05) is 30.3 Å². The molecule has 31 heavy (non-hydrogen) atoms. The quantitative estimate of drug-likeness (QED) is 0.736. The number of anilines is 1. The van der Waals surface area contributed by atoms with Crippen molar-refractivity contribution in [1.82, 2.24) is 5.32 Å². The van der Waals surface area contributed by atoms with Gasteiger partial charge in [0.05, 0.1) is 20.1 Å². The van der Waals surface area contributed by atoms with Crippen molar-refractivity contribution in [2.45, 2.75) is 39.0 Å². The predicted molar refractivity (Wildman–Crippen MR) is 122 cm³/mol. The fourth-order valence-electron chi connectivity index (χ4n) is 3.78. The smallest absolute Gasteiger partial charge is 0.227 e. The monoisotopic (exact) mass is 424 g/mol. The van der Waals surface area contributed by atoms with Crippen molar-refractivity contribution in [3.8, 4) is 11.5 Å². The standard InChI is InChI=1S/C25H32N2O4/c1-25(2,3)19-7-9-20(10-8-19)27-16-18(15-23(27)28)24(29)26-13-12-17-6-11-21(30-4)22(14-17)31-5/h6-11,14,18H,12-13,15-16H2,1-5H3,(H,26,29)/t18-/m1/s1. The summed E-state index contributed by atoms with van der Waals surface area (Å²) in [6.45, 7) is 7.39. The number of amides is 2. The van der Waals surface area contributed by atoms with Crippen LogP contribution in [-0.4, -0.2) is 39.1 Å². The first-order valence-corrected chi connectivity index (χ1v) is 10.6. The van der Waals surface area contributed by atoms with E-state index in [1.54, 1.807) is 19.1 Å². The molecule has 6 heteroatoms. The number of hydrogen-bond donors (Lipinski definition) is 1. The minimum absolute atomic E-state index is 0.0106. The number of hydrogen-bond acceptors (Lipinski definition) is 4. The van der Waals surface area contributed by atoms with Gasteiger partial charge in [0.1, 0.15) is 0 Å². The molecule has 166 valence electrons. The lowest BCUT2D eigenvalue weighted by Gasteiger charge is -2.21. The molecule has 1 fully saturated rings. The van der Waals surface area contributed by atoms with E-state index in [4.69, 9.17) is 9.47 Å². The van der Waals surface area contributed by atoms with Crippen LogP contribution in [0.3, 0.4) is 0 Å². The SMILES string of the molecule is COc1ccc(CCNC(=O)[C@@H]2CC(=O)N(c3ccc(C(C)(C)C)cc3)C2)cc1OC. The van der Waals surface area contributed by atoms with Gasteiger partial charge in [-0.1, -0.05) is 39.0 Å². The number of carbonyl (C=O) groups excluding carboxylic acids is 2. The van der Waals surface area contributed by atoms with E-state index in [0.29, 0.717) is 31.0 Å². The summed E-state index contributed by atoms with van der Waals surface area (Å²) in [7, 11) is 3.20. The molecule has 1 aliphatic rings. The lowest BCUT2D eigenvalue weighted by Crippen LogP contribution is -2.34. The Morgan fingerprint density at radius 1 is 1.06 bits per heavy atom.